The summed E-state index contributed by atoms with van der Waals surface area (Å²) in [6, 6.07) is 9.38. The highest BCUT2D eigenvalue weighted by molar-refractivity contribution is 8.00. The van der Waals surface area contributed by atoms with Crippen molar-refractivity contribution in [3.8, 4) is 11.3 Å². The van der Waals surface area contributed by atoms with Crippen LogP contribution in [0.4, 0.5) is 20.2 Å². The molecule has 3 rings (SSSR count). The number of rotatable bonds is 7. The molecule has 1 heterocycles. The van der Waals surface area contributed by atoms with Crippen LogP contribution in [0, 0.1) is 17.6 Å². The molecule has 0 aliphatic heterocycles. The lowest BCUT2D eigenvalue weighted by molar-refractivity contribution is -0.119. The van der Waals surface area contributed by atoms with Gasteiger partial charge in [0.25, 0.3) is 5.56 Å². The van der Waals surface area contributed by atoms with Crippen molar-refractivity contribution in [1.82, 2.24) is 15.2 Å². The van der Waals surface area contributed by atoms with E-state index in [9.17, 15) is 23.2 Å². The van der Waals surface area contributed by atoms with Crippen LogP contribution in [0.3, 0.4) is 0 Å². The van der Waals surface area contributed by atoms with Gasteiger partial charge in [0.1, 0.15) is 11.6 Å². The lowest BCUT2D eigenvalue weighted by Gasteiger charge is -2.13. The summed E-state index contributed by atoms with van der Waals surface area (Å²) in [6.07, 6.45) is 0. The molecular formula is C22H21F2N5O3S. The first-order valence-electron chi connectivity index (χ1n) is 9.95. The number of nitrogens with one attached hydrogen (secondary N) is 3. The third-order valence-electron chi connectivity index (χ3n) is 4.43. The number of aromatic amines is 1. The highest BCUT2D eigenvalue weighted by Crippen LogP contribution is 2.25. The predicted octanol–water partition coefficient (Wildman–Crippen LogP) is 3.82. The van der Waals surface area contributed by atoms with Crippen molar-refractivity contribution < 1.29 is 18.4 Å². The number of amides is 2. The Morgan fingerprint density at radius 3 is 2.27 bits per heavy atom. The molecule has 0 aliphatic carbocycles. The Labute approximate surface area is 192 Å². The Hall–Kier alpha value is -3.60. The van der Waals surface area contributed by atoms with Crippen LogP contribution < -0.4 is 16.2 Å². The molecule has 8 nitrogen and oxygen atoms in total. The van der Waals surface area contributed by atoms with Crippen LogP contribution in [0.5, 0.6) is 0 Å². The molecule has 0 fully saturated rings. The Bertz CT molecular complexity index is 1230. The molecule has 33 heavy (non-hydrogen) atoms. The molecule has 0 spiro atoms. The van der Waals surface area contributed by atoms with Crippen LogP contribution in [0.2, 0.25) is 0 Å². The molecule has 1 aromatic heterocycles. The third-order valence-corrected chi connectivity index (χ3v) is 5.40. The molecule has 2 amide bonds. The van der Waals surface area contributed by atoms with Gasteiger partial charge in [-0.15, -0.1) is 10.2 Å². The summed E-state index contributed by atoms with van der Waals surface area (Å²) in [5, 5.41) is 12.4. The third kappa shape index (κ3) is 6.22. The lowest BCUT2D eigenvalue weighted by atomic mass is 10.1. The first-order chi connectivity index (χ1) is 15.6. The molecule has 1 atom stereocenters. The van der Waals surface area contributed by atoms with Crippen LogP contribution in [0.25, 0.3) is 11.3 Å². The number of halogens is 2. The molecule has 11 heteroatoms. The van der Waals surface area contributed by atoms with Gasteiger partial charge in [-0.2, -0.15) is 0 Å². The first kappa shape index (κ1) is 24.1. The highest BCUT2D eigenvalue weighted by Gasteiger charge is 2.19. The zero-order valence-corrected chi connectivity index (χ0v) is 18.8. The average Bonchev–Trinajstić information content (AvgIpc) is 2.73. The highest BCUT2D eigenvalue weighted by atomic mass is 32.2. The van der Waals surface area contributed by atoms with Gasteiger partial charge in [0.2, 0.25) is 11.8 Å². The van der Waals surface area contributed by atoms with Crippen LogP contribution in [-0.4, -0.2) is 32.2 Å². The van der Waals surface area contributed by atoms with Gasteiger partial charge in [-0.25, -0.2) is 8.78 Å². The van der Waals surface area contributed by atoms with Gasteiger partial charge in [0, 0.05) is 23.2 Å². The Morgan fingerprint density at radius 1 is 0.970 bits per heavy atom. The minimum Gasteiger partial charge on any atom is -0.325 e. The second-order valence-corrected chi connectivity index (χ2v) is 8.73. The SMILES string of the molecule is CC(C)C(=O)Nc1ccccc1-c1nnc(S[C@H](C)C(=O)Nc2cc(F)cc(F)c2)[nH]c1=O. The van der Waals surface area contributed by atoms with Gasteiger partial charge in [0.05, 0.1) is 10.9 Å². The molecule has 172 valence electrons. The normalized spacial score (nSPS) is 11.8. The lowest BCUT2D eigenvalue weighted by Crippen LogP contribution is -2.24. The topological polar surface area (TPSA) is 117 Å². The summed E-state index contributed by atoms with van der Waals surface area (Å²) in [5.41, 5.74) is 0.243. The fraction of sp³-hybridized carbons (Fsp3) is 0.227. The van der Waals surface area contributed by atoms with Gasteiger partial charge >= 0.3 is 0 Å². The standard InChI is InChI=1S/C22H21F2N5O3S/c1-11(2)19(30)26-17-7-5-4-6-16(17)18-21(32)27-22(29-28-18)33-12(3)20(31)25-15-9-13(23)8-14(24)10-15/h4-12H,1-3H3,(H,25,31)(H,26,30)(H,27,29,32)/t12-/m1/s1. The maximum absolute atomic E-state index is 13.3. The molecular weight excluding hydrogens is 452 g/mol. The van der Waals surface area contributed by atoms with Crippen LogP contribution in [-0.2, 0) is 9.59 Å². The molecule has 3 aromatic rings. The van der Waals surface area contributed by atoms with Gasteiger partial charge in [-0.1, -0.05) is 43.8 Å². The van der Waals surface area contributed by atoms with Gasteiger partial charge < -0.3 is 10.6 Å². The quantitative estimate of drug-likeness (QED) is 0.449. The zero-order chi connectivity index (χ0) is 24.1. The molecule has 2 aromatic carbocycles. The summed E-state index contributed by atoms with van der Waals surface area (Å²) < 4.78 is 26.6. The number of benzene rings is 2. The van der Waals surface area contributed by atoms with Crippen LogP contribution >= 0.6 is 11.8 Å². The van der Waals surface area contributed by atoms with Gasteiger partial charge in [-0.05, 0) is 25.1 Å². The van der Waals surface area contributed by atoms with Crippen molar-refractivity contribution >= 4 is 35.0 Å². The Morgan fingerprint density at radius 2 is 1.64 bits per heavy atom. The van der Waals surface area contributed by atoms with Crippen LogP contribution in [0.15, 0.2) is 52.4 Å². The van der Waals surface area contributed by atoms with Crippen molar-refractivity contribution in [2.24, 2.45) is 5.92 Å². The molecule has 0 bridgehead atoms. The van der Waals surface area contributed by atoms with E-state index in [4.69, 9.17) is 0 Å². The largest absolute Gasteiger partial charge is 0.325 e. The van der Waals surface area contributed by atoms with E-state index in [1.807, 2.05) is 0 Å². The number of anilines is 2. The smallest absolute Gasteiger partial charge is 0.278 e. The summed E-state index contributed by atoms with van der Waals surface area (Å²) in [7, 11) is 0. The second kappa shape index (κ2) is 10.3. The number of aromatic nitrogens is 3. The average molecular weight is 474 g/mol. The first-order valence-corrected chi connectivity index (χ1v) is 10.8. The van der Waals surface area contributed by atoms with E-state index in [-0.39, 0.29) is 28.4 Å². The van der Waals surface area contributed by atoms with E-state index in [0.29, 0.717) is 17.3 Å². The number of hydrogen-bond acceptors (Lipinski definition) is 6. The van der Waals surface area contributed by atoms with E-state index in [1.165, 1.54) is 0 Å². The van der Waals surface area contributed by atoms with Crippen molar-refractivity contribution in [2.45, 2.75) is 31.2 Å². The van der Waals surface area contributed by atoms with Crippen molar-refractivity contribution in [3.05, 3.63) is 64.5 Å². The predicted molar refractivity (Wildman–Crippen MR) is 122 cm³/mol. The number of hydrogen-bond donors (Lipinski definition) is 3. The second-order valence-electron chi connectivity index (χ2n) is 7.40. The molecule has 0 saturated heterocycles. The molecule has 0 saturated carbocycles. The minimum absolute atomic E-state index is 0.00588. The molecule has 0 aliphatic rings. The van der Waals surface area contributed by atoms with E-state index < -0.39 is 28.4 Å². The summed E-state index contributed by atoms with van der Waals surface area (Å²) in [5.74, 6) is -2.64. The number of nitrogens with zero attached hydrogens (tertiary/aromatic N) is 2. The maximum Gasteiger partial charge on any atom is 0.278 e. The number of thioether (sulfide) groups is 1. The van der Waals surface area contributed by atoms with E-state index in [0.717, 1.165) is 23.9 Å². The maximum atomic E-state index is 13.3. The summed E-state index contributed by atoms with van der Waals surface area (Å²) in [6.45, 7) is 5.04. The number of carbonyl (C=O) groups excluding carboxylic acids is 2. The monoisotopic (exact) mass is 473 g/mol. The fourth-order valence-electron chi connectivity index (χ4n) is 2.72. The van der Waals surface area contributed by atoms with Crippen LogP contribution in [0.1, 0.15) is 20.8 Å². The molecule has 0 radical (unpaired) electrons. The summed E-state index contributed by atoms with van der Waals surface area (Å²) >= 11 is 0.918. The molecule has 3 N–H and O–H groups in total. The number of H-pyrrole nitrogens is 1. The minimum atomic E-state index is -0.818. The van der Waals surface area contributed by atoms with E-state index >= 15 is 0 Å². The molecule has 0 unspecified atom stereocenters. The Kier molecular flexibility index (Phi) is 7.54. The van der Waals surface area contributed by atoms with Gasteiger partial charge in [-0.3, -0.25) is 19.4 Å². The summed E-state index contributed by atoms with van der Waals surface area (Å²) in [4.78, 5) is 39.7. The zero-order valence-electron chi connectivity index (χ0n) is 18.0. The van der Waals surface area contributed by atoms with Crippen molar-refractivity contribution in [1.29, 1.82) is 0 Å². The van der Waals surface area contributed by atoms with E-state index in [2.05, 4.69) is 25.8 Å². The fourth-order valence-corrected chi connectivity index (χ4v) is 3.46. The number of carbonyl (C=O) groups is 2. The van der Waals surface area contributed by atoms with E-state index in [1.54, 1.807) is 45.0 Å². The van der Waals surface area contributed by atoms with Gasteiger partial charge in [0.15, 0.2) is 10.9 Å². The Balaban J connectivity index is 1.75. The number of para-hydroxylation sites is 1. The van der Waals surface area contributed by atoms with Crippen molar-refractivity contribution in [3.63, 3.8) is 0 Å². The van der Waals surface area contributed by atoms with Crippen molar-refractivity contribution in [2.75, 3.05) is 10.6 Å².